The van der Waals surface area contributed by atoms with E-state index in [1.165, 1.54) is 13.2 Å². The minimum atomic E-state index is -4.88. The highest BCUT2D eigenvalue weighted by molar-refractivity contribution is 6.08. The van der Waals surface area contributed by atoms with Crippen molar-refractivity contribution in [1.82, 2.24) is 19.8 Å². The number of amides is 2. The second kappa shape index (κ2) is 12.7. The highest BCUT2D eigenvalue weighted by Gasteiger charge is 2.31. The van der Waals surface area contributed by atoms with Gasteiger partial charge in [0.05, 0.1) is 25.0 Å². The van der Waals surface area contributed by atoms with Gasteiger partial charge in [0.1, 0.15) is 23.1 Å². The van der Waals surface area contributed by atoms with Gasteiger partial charge < -0.3 is 29.7 Å². The number of carbonyl (C=O) groups is 1. The van der Waals surface area contributed by atoms with Crippen LogP contribution in [-0.4, -0.2) is 72.5 Å². The summed E-state index contributed by atoms with van der Waals surface area (Å²) in [6.07, 6.45) is -4.88. The van der Waals surface area contributed by atoms with Crippen molar-refractivity contribution in [2.24, 2.45) is 0 Å². The molecule has 5 rings (SSSR count). The maximum atomic E-state index is 12.9. The number of hydrogen-bond donors (Lipinski definition) is 2. The number of methoxy groups -OCH3 is 1. The minimum Gasteiger partial charge on any atom is -0.495 e. The van der Waals surface area contributed by atoms with Crippen LogP contribution in [-0.2, 0) is 6.54 Å². The first-order valence-corrected chi connectivity index (χ1v) is 13.5. The number of carbonyl (C=O) groups excluding carboxylic acids is 1. The van der Waals surface area contributed by atoms with E-state index in [1.54, 1.807) is 18.2 Å². The fourth-order valence-electron chi connectivity index (χ4n) is 4.77. The summed E-state index contributed by atoms with van der Waals surface area (Å²) < 4.78 is 53.5. The van der Waals surface area contributed by atoms with E-state index in [4.69, 9.17) is 9.47 Å². The average molecular weight is 597 g/mol. The zero-order valence-electron chi connectivity index (χ0n) is 23.9. The molecular formula is C30H31F3N6O4. The molecule has 2 amide bonds. The Hall–Kier alpha value is -4.62. The molecule has 1 aliphatic rings. The van der Waals surface area contributed by atoms with Crippen molar-refractivity contribution >= 4 is 28.2 Å². The number of urea groups is 1. The number of piperazine rings is 1. The fraction of sp³-hybridized carbons (Fsp3) is 0.300. The molecule has 4 aromatic rings. The van der Waals surface area contributed by atoms with E-state index in [2.05, 4.69) is 42.2 Å². The van der Waals surface area contributed by atoms with E-state index < -0.39 is 18.1 Å². The van der Waals surface area contributed by atoms with Crippen LogP contribution in [0.1, 0.15) is 11.5 Å². The molecule has 2 heterocycles. The second-order valence-electron chi connectivity index (χ2n) is 10.1. The van der Waals surface area contributed by atoms with Gasteiger partial charge in [0.15, 0.2) is 0 Å². The first kappa shape index (κ1) is 29.9. The lowest BCUT2D eigenvalue weighted by atomic mass is 10.1. The quantitative estimate of drug-likeness (QED) is 0.254. The topological polar surface area (TPSA) is 101 Å². The van der Waals surface area contributed by atoms with Gasteiger partial charge >= 0.3 is 12.4 Å². The van der Waals surface area contributed by atoms with Crippen molar-refractivity contribution in [3.63, 3.8) is 0 Å². The molecule has 1 saturated heterocycles. The highest BCUT2D eigenvalue weighted by atomic mass is 19.4. The van der Waals surface area contributed by atoms with Gasteiger partial charge in [0.2, 0.25) is 5.88 Å². The van der Waals surface area contributed by atoms with Crippen LogP contribution in [0.2, 0.25) is 0 Å². The van der Waals surface area contributed by atoms with Gasteiger partial charge in [-0.15, -0.1) is 13.2 Å². The standard InChI is InChI=1S/C30H31F3N6O4/c1-19-16-28(37-27(34-19)18-39-14-12-38(2)13-15-39)42-25-11-9-23(21-6-4-5-7-22(21)25)35-29(40)36-24-17-20(43-30(31,32)33)8-10-26(24)41-3/h4-11,16-17H,12-15,18H2,1-3H3,(H2,35,36,40). The smallest absolute Gasteiger partial charge is 0.495 e. The molecular weight excluding hydrogens is 565 g/mol. The number of aryl methyl sites for hydroxylation is 1. The Kier molecular flexibility index (Phi) is 8.83. The highest BCUT2D eigenvalue weighted by Crippen LogP contribution is 2.35. The van der Waals surface area contributed by atoms with Crippen LogP contribution in [0.15, 0.2) is 60.7 Å². The van der Waals surface area contributed by atoms with Crippen molar-refractivity contribution < 1.29 is 32.2 Å². The van der Waals surface area contributed by atoms with Gasteiger partial charge in [-0.3, -0.25) is 4.90 Å². The molecule has 1 aliphatic heterocycles. The number of nitrogens with one attached hydrogen (secondary N) is 2. The Morgan fingerprint density at radius 2 is 1.60 bits per heavy atom. The maximum Gasteiger partial charge on any atom is 0.573 e. The van der Waals surface area contributed by atoms with Gasteiger partial charge in [-0.1, -0.05) is 24.3 Å². The molecule has 0 saturated carbocycles. The third-order valence-corrected chi connectivity index (χ3v) is 6.84. The number of anilines is 2. The summed E-state index contributed by atoms with van der Waals surface area (Å²) in [5.74, 6) is 1.28. The molecule has 43 heavy (non-hydrogen) atoms. The number of alkyl halides is 3. The lowest BCUT2D eigenvalue weighted by Crippen LogP contribution is -2.44. The van der Waals surface area contributed by atoms with Crippen molar-refractivity contribution in [2.45, 2.75) is 19.8 Å². The molecule has 0 aliphatic carbocycles. The molecule has 1 aromatic heterocycles. The number of fused-ring (bicyclic) bond motifs is 1. The van der Waals surface area contributed by atoms with Crippen LogP contribution >= 0.6 is 0 Å². The van der Waals surface area contributed by atoms with Crippen molar-refractivity contribution in [2.75, 3.05) is 51.0 Å². The molecule has 13 heteroatoms. The van der Waals surface area contributed by atoms with E-state index in [0.29, 0.717) is 35.1 Å². The first-order chi connectivity index (χ1) is 20.6. The predicted molar refractivity (Wildman–Crippen MR) is 156 cm³/mol. The second-order valence-corrected chi connectivity index (χ2v) is 10.1. The Morgan fingerprint density at radius 3 is 2.33 bits per heavy atom. The molecule has 0 atom stereocenters. The normalized spacial score (nSPS) is 14.4. The molecule has 0 spiro atoms. The number of halogens is 3. The number of nitrogens with zero attached hydrogens (tertiary/aromatic N) is 4. The lowest BCUT2D eigenvalue weighted by Gasteiger charge is -2.31. The van der Waals surface area contributed by atoms with E-state index in [9.17, 15) is 18.0 Å². The molecule has 0 bridgehead atoms. The number of rotatable bonds is 8. The summed E-state index contributed by atoms with van der Waals surface area (Å²) >= 11 is 0. The number of ether oxygens (including phenoxy) is 3. The van der Waals surface area contributed by atoms with E-state index in [0.717, 1.165) is 49.4 Å². The van der Waals surface area contributed by atoms with E-state index in [1.807, 2.05) is 31.2 Å². The average Bonchev–Trinajstić information content (AvgIpc) is 2.95. The Balaban J connectivity index is 1.33. The molecule has 10 nitrogen and oxygen atoms in total. The molecule has 2 N–H and O–H groups in total. The number of benzene rings is 3. The molecule has 1 fully saturated rings. The van der Waals surface area contributed by atoms with Crippen molar-refractivity contribution in [3.8, 4) is 23.1 Å². The summed E-state index contributed by atoms with van der Waals surface area (Å²) in [7, 11) is 3.44. The molecule has 3 aromatic carbocycles. The minimum absolute atomic E-state index is 0.00230. The molecule has 0 radical (unpaired) electrons. The van der Waals surface area contributed by atoms with E-state index >= 15 is 0 Å². The summed E-state index contributed by atoms with van der Waals surface area (Å²) in [6.45, 7) is 6.39. The van der Waals surface area contributed by atoms with E-state index in [-0.39, 0.29) is 11.4 Å². The zero-order chi connectivity index (χ0) is 30.6. The van der Waals surface area contributed by atoms with Crippen molar-refractivity contribution in [3.05, 3.63) is 72.2 Å². The number of hydrogen-bond acceptors (Lipinski definition) is 8. The van der Waals surface area contributed by atoms with Gasteiger partial charge in [-0.25, -0.2) is 9.78 Å². The fourth-order valence-corrected chi connectivity index (χ4v) is 4.77. The summed E-state index contributed by atoms with van der Waals surface area (Å²) in [4.78, 5) is 26.8. The van der Waals surface area contributed by atoms with Crippen LogP contribution in [0.4, 0.5) is 29.3 Å². The van der Waals surface area contributed by atoms with Crippen LogP contribution in [0, 0.1) is 6.92 Å². The number of aromatic nitrogens is 2. The summed E-state index contributed by atoms with van der Waals surface area (Å²) in [6, 6.07) is 15.2. The van der Waals surface area contributed by atoms with Gasteiger partial charge in [-0.05, 0) is 38.2 Å². The molecule has 0 unspecified atom stereocenters. The van der Waals surface area contributed by atoms with Crippen LogP contribution in [0.5, 0.6) is 23.1 Å². The Labute approximate surface area is 246 Å². The summed E-state index contributed by atoms with van der Waals surface area (Å²) in [5, 5.41) is 6.68. The third kappa shape index (κ3) is 7.81. The van der Waals surface area contributed by atoms with Crippen LogP contribution in [0.3, 0.4) is 0 Å². The van der Waals surface area contributed by atoms with Crippen LogP contribution < -0.4 is 24.8 Å². The summed E-state index contributed by atoms with van der Waals surface area (Å²) in [5.41, 5.74) is 1.24. The Bertz CT molecular complexity index is 1610. The predicted octanol–water partition coefficient (Wildman–Crippen LogP) is 6.03. The largest absolute Gasteiger partial charge is 0.573 e. The van der Waals surface area contributed by atoms with Crippen molar-refractivity contribution in [1.29, 1.82) is 0 Å². The number of likely N-dealkylation sites (N-methyl/N-ethyl adjacent to an activating group) is 1. The maximum absolute atomic E-state index is 12.9. The monoisotopic (exact) mass is 596 g/mol. The lowest BCUT2D eigenvalue weighted by molar-refractivity contribution is -0.274. The molecule has 226 valence electrons. The first-order valence-electron chi connectivity index (χ1n) is 13.5. The Morgan fingerprint density at radius 1 is 0.907 bits per heavy atom. The van der Waals surface area contributed by atoms with Crippen LogP contribution in [0.25, 0.3) is 10.8 Å². The van der Waals surface area contributed by atoms with Gasteiger partial charge in [0.25, 0.3) is 0 Å². The SMILES string of the molecule is COc1ccc(OC(F)(F)F)cc1NC(=O)Nc1ccc(Oc2cc(C)nc(CN3CCN(C)CC3)n2)c2ccccc12. The van der Waals surface area contributed by atoms with Gasteiger partial charge in [-0.2, -0.15) is 4.98 Å². The zero-order valence-corrected chi connectivity index (χ0v) is 23.9. The van der Waals surface area contributed by atoms with Gasteiger partial charge in [0, 0.05) is 54.8 Å². The third-order valence-electron chi connectivity index (χ3n) is 6.84.